The third-order valence-corrected chi connectivity index (χ3v) is 4.76. The van der Waals surface area contributed by atoms with Crippen molar-refractivity contribution in [3.05, 3.63) is 29.3 Å². The minimum Gasteiger partial charge on any atom is -0.367 e. The van der Waals surface area contributed by atoms with Gasteiger partial charge in [-0.2, -0.15) is 0 Å². The van der Waals surface area contributed by atoms with E-state index in [1.165, 1.54) is 42.7 Å². The fourth-order valence-corrected chi connectivity index (χ4v) is 2.99. The zero-order chi connectivity index (χ0) is 12.8. The summed E-state index contributed by atoms with van der Waals surface area (Å²) in [6.45, 7) is 10.3. The van der Waals surface area contributed by atoms with Crippen molar-refractivity contribution >= 4 is 5.69 Å². The highest BCUT2D eigenvalue weighted by Crippen LogP contribution is 2.47. The Balaban J connectivity index is 1.89. The van der Waals surface area contributed by atoms with Crippen molar-refractivity contribution in [2.24, 2.45) is 5.41 Å². The molecule has 0 amide bonds. The Labute approximate surface area is 110 Å². The van der Waals surface area contributed by atoms with E-state index in [-0.39, 0.29) is 0 Å². The molecule has 1 spiro atoms. The van der Waals surface area contributed by atoms with Gasteiger partial charge in [-0.25, -0.2) is 0 Å². The van der Waals surface area contributed by atoms with Gasteiger partial charge >= 0.3 is 0 Å². The van der Waals surface area contributed by atoms with Gasteiger partial charge in [-0.15, -0.1) is 0 Å². The third-order valence-electron chi connectivity index (χ3n) is 4.76. The lowest BCUT2D eigenvalue weighted by Gasteiger charge is -2.31. The number of anilines is 1. The van der Waals surface area contributed by atoms with E-state index >= 15 is 0 Å². The third kappa shape index (κ3) is 2.14. The molecule has 18 heavy (non-hydrogen) atoms. The molecule has 1 aliphatic heterocycles. The first kappa shape index (κ1) is 12.0. The summed E-state index contributed by atoms with van der Waals surface area (Å²) in [4.78, 5) is 2.61. The van der Waals surface area contributed by atoms with Crippen LogP contribution in [0.1, 0.15) is 30.9 Å². The van der Waals surface area contributed by atoms with Crippen molar-refractivity contribution in [1.82, 2.24) is 5.32 Å². The minimum atomic E-state index is 0.573. The zero-order valence-electron chi connectivity index (χ0n) is 11.8. The summed E-state index contributed by atoms with van der Waals surface area (Å²) in [5.74, 6) is 0. The van der Waals surface area contributed by atoms with E-state index in [0.717, 1.165) is 6.54 Å². The molecule has 1 N–H and O–H groups in total. The highest BCUT2D eigenvalue weighted by atomic mass is 15.2. The van der Waals surface area contributed by atoms with Crippen LogP contribution in [0.4, 0.5) is 5.69 Å². The van der Waals surface area contributed by atoms with Gasteiger partial charge in [-0.1, -0.05) is 6.07 Å². The number of benzene rings is 1. The summed E-state index contributed by atoms with van der Waals surface area (Å²) in [7, 11) is 0. The first-order valence-electron chi connectivity index (χ1n) is 7.14. The van der Waals surface area contributed by atoms with Crippen LogP contribution in [0.3, 0.4) is 0 Å². The van der Waals surface area contributed by atoms with Crippen LogP contribution in [0.25, 0.3) is 0 Å². The highest BCUT2D eigenvalue weighted by Gasteiger charge is 2.45. The summed E-state index contributed by atoms with van der Waals surface area (Å²) >= 11 is 0. The van der Waals surface area contributed by atoms with Crippen LogP contribution < -0.4 is 10.2 Å². The molecule has 0 bridgehead atoms. The predicted molar refractivity (Wildman–Crippen MR) is 77.3 cm³/mol. The Kier molecular flexibility index (Phi) is 2.86. The number of hydrogen-bond acceptors (Lipinski definition) is 2. The lowest BCUT2D eigenvalue weighted by Crippen LogP contribution is -2.38. The van der Waals surface area contributed by atoms with Crippen molar-refractivity contribution in [2.75, 3.05) is 24.5 Å². The summed E-state index contributed by atoms with van der Waals surface area (Å²) in [6.07, 6.45) is 2.79. The molecule has 0 aromatic heterocycles. The number of nitrogens with zero attached hydrogens (tertiary/aromatic N) is 1. The second-order valence-electron chi connectivity index (χ2n) is 6.38. The highest BCUT2D eigenvalue weighted by molar-refractivity contribution is 5.52. The smallest absolute Gasteiger partial charge is 0.0386 e. The Bertz CT molecular complexity index is 448. The fraction of sp³-hybridized carbons (Fsp3) is 0.625. The molecule has 2 heteroatoms. The standard InChI is InChI=1S/C16H24N2/c1-12-4-5-15(8-13(12)2)18-11-16(6-7-16)10-17-9-14(18)3/h4-5,8,14,17H,6-7,9-11H2,1-3H3. The van der Waals surface area contributed by atoms with Crippen LogP contribution in [-0.4, -0.2) is 25.7 Å². The lowest BCUT2D eigenvalue weighted by atomic mass is 10.0. The molecule has 2 aliphatic rings. The predicted octanol–water partition coefficient (Wildman–Crippen LogP) is 2.88. The maximum absolute atomic E-state index is 3.63. The largest absolute Gasteiger partial charge is 0.367 e. The van der Waals surface area contributed by atoms with Crippen LogP contribution in [0, 0.1) is 19.3 Å². The average molecular weight is 244 g/mol. The summed E-state index contributed by atoms with van der Waals surface area (Å²) in [5.41, 5.74) is 4.77. The van der Waals surface area contributed by atoms with E-state index in [9.17, 15) is 0 Å². The summed E-state index contributed by atoms with van der Waals surface area (Å²) in [5, 5.41) is 3.63. The van der Waals surface area contributed by atoms with Crippen LogP contribution in [-0.2, 0) is 0 Å². The lowest BCUT2D eigenvalue weighted by molar-refractivity contribution is 0.500. The van der Waals surface area contributed by atoms with E-state index in [1.807, 2.05) is 0 Å². The Morgan fingerprint density at radius 2 is 2.00 bits per heavy atom. The molecular formula is C16H24N2. The molecule has 1 aliphatic carbocycles. The van der Waals surface area contributed by atoms with Crippen LogP contribution in [0.2, 0.25) is 0 Å². The van der Waals surface area contributed by atoms with Crippen LogP contribution >= 0.6 is 0 Å². The second kappa shape index (κ2) is 4.27. The summed E-state index contributed by atoms with van der Waals surface area (Å²) in [6, 6.07) is 7.50. The number of nitrogens with one attached hydrogen (secondary N) is 1. The summed E-state index contributed by atoms with van der Waals surface area (Å²) < 4.78 is 0. The van der Waals surface area contributed by atoms with Gasteiger partial charge in [0, 0.05) is 36.8 Å². The maximum Gasteiger partial charge on any atom is 0.0386 e. The molecule has 1 aromatic rings. The van der Waals surface area contributed by atoms with Gasteiger partial charge in [0.05, 0.1) is 0 Å². The van der Waals surface area contributed by atoms with Gasteiger partial charge < -0.3 is 10.2 Å². The molecule has 2 fully saturated rings. The Hall–Kier alpha value is -1.02. The van der Waals surface area contributed by atoms with E-state index < -0.39 is 0 Å². The van der Waals surface area contributed by atoms with Crippen LogP contribution in [0.15, 0.2) is 18.2 Å². The van der Waals surface area contributed by atoms with Gasteiger partial charge in [0.2, 0.25) is 0 Å². The maximum atomic E-state index is 3.63. The molecule has 1 heterocycles. The number of rotatable bonds is 1. The fourth-order valence-electron chi connectivity index (χ4n) is 2.99. The number of hydrogen-bond donors (Lipinski definition) is 1. The molecule has 0 radical (unpaired) electrons. The van der Waals surface area contributed by atoms with Gasteiger partial charge in [0.15, 0.2) is 0 Å². The van der Waals surface area contributed by atoms with E-state index in [1.54, 1.807) is 0 Å². The Morgan fingerprint density at radius 3 is 2.67 bits per heavy atom. The van der Waals surface area contributed by atoms with Gasteiger partial charge in [-0.05, 0) is 56.9 Å². The first-order valence-corrected chi connectivity index (χ1v) is 7.14. The van der Waals surface area contributed by atoms with Crippen molar-refractivity contribution in [3.8, 4) is 0 Å². The van der Waals surface area contributed by atoms with Crippen molar-refractivity contribution < 1.29 is 0 Å². The first-order chi connectivity index (χ1) is 8.60. The molecule has 1 atom stereocenters. The molecule has 98 valence electrons. The molecule has 2 nitrogen and oxygen atoms in total. The minimum absolute atomic E-state index is 0.573. The van der Waals surface area contributed by atoms with Gasteiger partial charge in [0.25, 0.3) is 0 Å². The monoisotopic (exact) mass is 244 g/mol. The van der Waals surface area contributed by atoms with Gasteiger partial charge in [0.1, 0.15) is 0 Å². The van der Waals surface area contributed by atoms with E-state index in [0.29, 0.717) is 11.5 Å². The zero-order valence-corrected chi connectivity index (χ0v) is 11.8. The molecule has 1 unspecified atom stereocenters. The quantitative estimate of drug-likeness (QED) is 0.817. The average Bonchev–Trinajstić information content (AvgIpc) is 3.12. The molecule has 1 saturated heterocycles. The van der Waals surface area contributed by atoms with Gasteiger partial charge in [-0.3, -0.25) is 0 Å². The van der Waals surface area contributed by atoms with Crippen LogP contribution in [0.5, 0.6) is 0 Å². The van der Waals surface area contributed by atoms with Crippen molar-refractivity contribution in [1.29, 1.82) is 0 Å². The van der Waals surface area contributed by atoms with E-state index in [4.69, 9.17) is 0 Å². The van der Waals surface area contributed by atoms with E-state index in [2.05, 4.69) is 49.2 Å². The number of aryl methyl sites for hydroxylation is 2. The molecular weight excluding hydrogens is 220 g/mol. The second-order valence-corrected chi connectivity index (χ2v) is 6.38. The van der Waals surface area contributed by atoms with Crippen molar-refractivity contribution in [3.63, 3.8) is 0 Å². The Morgan fingerprint density at radius 1 is 1.22 bits per heavy atom. The molecule has 1 saturated carbocycles. The molecule has 1 aromatic carbocycles. The van der Waals surface area contributed by atoms with Crippen molar-refractivity contribution in [2.45, 2.75) is 39.7 Å². The normalized spacial score (nSPS) is 26.2. The molecule has 3 rings (SSSR count). The topological polar surface area (TPSA) is 15.3 Å². The SMILES string of the molecule is Cc1ccc(N2CC3(CC3)CNCC2C)cc1C.